The van der Waals surface area contributed by atoms with Crippen molar-refractivity contribution in [3.05, 3.63) is 29.8 Å². The third-order valence-corrected chi connectivity index (χ3v) is 3.31. The largest absolute Gasteiger partial charge is 0.379 e. The number of carbonyl (C=O) groups excluding carboxylic acids is 1. The second-order valence-corrected chi connectivity index (χ2v) is 5.22. The topological polar surface area (TPSA) is 41.6 Å². The summed E-state index contributed by atoms with van der Waals surface area (Å²) in [6.07, 6.45) is 0. The molecule has 0 unspecified atom stereocenters. The number of ether oxygens (including phenoxy) is 1. The smallest absolute Gasteiger partial charge is 0.238 e. The minimum atomic E-state index is 0.0443. The maximum Gasteiger partial charge on any atom is 0.238 e. The van der Waals surface area contributed by atoms with E-state index in [4.69, 9.17) is 4.74 Å². The van der Waals surface area contributed by atoms with Crippen molar-refractivity contribution in [2.75, 3.05) is 38.2 Å². The fourth-order valence-corrected chi connectivity index (χ4v) is 2.14. The van der Waals surface area contributed by atoms with Gasteiger partial charge in [0.2, 0.25) is 5.91 Å². The highest BCUT2D eigenvalue weighted by Crippen LogP contribution is 2.18. The lowest BCUT2D eigenvalue weighted by molar-refractivity contribution is -0.118. The Morgan fingerprint density at radius 2 is 2.11 bits per heavy atom. The summed E-state index contributed by atoms with van der Waals surface area (Å²) in [5, 5.41) is 2.96. The Morgan fingerprint density at radius 1 is 1.37 bits per heavy atom. The summed E-state index contributed by atoms with van der Waals surface area (Å²) < 4.78 is 5.27. The maximum absolute atomic E-state index is 12.0. The van der Waals surface area contributed by atoms with Crippen molar-refractivity contribution in [3.8, 4) is 0 Å². The molecule has 0 bridgehead atoms. The number of anilines is 1. The Labute approximate surface area is 114 Å². The average molecular weight is 262 g/mol. The van der Waals surface area contributed by atoms with Crippen LogP contribution in [0.4, 0.5) is 5.69 Å². The van der Waals surface area contributed by atoms with Crippen LogP contribution in [0.15, 0.2) is 24.3 Å². The second-order valence-electron chi connectivity index (χ2n) is 5.22. The predicted octanol–water partition coefficient (Wildman–Crippen LogP) is 2.08. The van der Waals surface area contributed by atoms with Crippen molar-refractivity contribution in [2.45, 2.75) is 19.8 Å². The molecule has 1 saturated heterocycles. The van der Waals surface area contributed by atoms with Crippen LogP contribution in [0.3, 0.4) is 0 Å². The van der Waals surface area contributed by atoms with Gasteiger partial charge in [0.15, 0.2) is 0 Å². The first-order valence-corrected chi connectivity index (χ1v) is 6.85. The monoisotopic (exact) mass is 262 g/mol. The van der Waals surface area contributed by atoms with Crippen LogP contribution in [0.2, 0.25) is 0 Å². The number of hydrogen-bond acceptors (Lipinski definition) is 3. The molecule has 0 spiro atoms. The molecule has 4 nitrogen and oxygen atoms in total. The van der Waals surface area contributed by atoms with Gasteiger partial charge in [-0.2, -0.15) is 0 Å². The molecule has 0 aliphatic carbocycles. The first-order valence-electron chi connectivity index (χ1n) is 6.85. The lowest BCUT2D eigenvalue weighted by atomic mass is 10.0. The van der Waals surface area contributed by atoms with Crippen LogP contribution in [-0.2, 0) is 9.53 Å². The van der Waals surface area contributed by atoms with Gasteiger partial charge in [0.1, 0.15) is 0 Å². The molecule has 0 saturated carbocycles. The highest BCUT2D eigenvalue weighted by molar-refractivity contribution is 5.92. The SMILES string of the molecule is CC(C)c1cccc(NC(=O)CN2CCOCC2)c1. The Hall–Kier alpha value is -1.39. The van der Waals surface area contributed by atoms with Crippen molar-refractivity contribution < 1.29 is 9.53 Å². The van der Waals surface area contributed by atoms with Gasteiger partial charge < -0.3 is 10.1 Å². The highest BCUT2D eigenvalue weighted by atomic mass is 16.5. The van der Waals surface area contributed by atoms with E-state index in [1.807, 2.05) is 18.2 Å². The molecule has 1 aromatic rings. The van der Waals surface area contributed by atoms with Crippen molar-refractivity contribution in [1.82, 2.24) is 4.90 Å². The van der Waals surface area contributed by atoms with Gasteiger partial charge in [0, 0.05) is 18.8 Å². The maximum atomic E-state index is 12.0. The molecule has 19 heavy (non-hydrogen) atoms. The van der Waals surface area contributed by atoms with E-state index in [1.54, 1.807) is 0 Å². The van der Waals surface area contributed by atoms with Gasteiger partial charge in [-0.05, 0) is 23.6 Å². The summed E-state index contributed by atoms with van der Waals surface area (Å²) in [6, 6.07) is 8.05. The number of rotatable bonds is 4. The van der Waals surface area contributed by atoms with Crippen molar-refractivity contribution >= 4 is 11.6 Å². The zero-order valence-electron chi connectivity index (χ0n) is 11.7. The van der Waals surface area contributed by atoms with E-state index in [0.717, 1.165) is 32.0 Å². The molecule has 104 valence electrons. The Balaban J connectivity index is 1.89. The van der Waals surface area contributed by atoms with E-state index in [1.165, 1.54) is 5.56 Å². The average Bonchev–Trinajstić information content (AvgIpc) is 2.40. The molecule has 0 atom stereocenters. The number of amides is 1. The molecule has 4 heteroatoms. The highest BCUT2D eigenvalue weighted by Gasteiger charge is 2.14. The van der Waals surface area contributed by atoms with E-state index in [-0.39, 0.29) is 5.91 Å². The fourth-order valence-electron chi connectivity index (χ4n) is 2.14. The lowest BCUT2D eigenvalue weighted by Crippen LogP contribution is -2.41. The minimum Gasteiger partial charge on any atom is -0.379 e. The Bertz CT molecular complexity index is 426. The van der Waals surface area contributed by atoms with E-state index in [9.17, 15) is 4.79 Å². The zero-order chi connectivity index (χ0) is 13.7. The Morgan fingerprint density at radius 3 is 2.79 bits per heavy atom. The third-order valence-electron chi connectivity index (χ3n) is 3.31. The minimum absolute atomic E-state index is 0.0443. The molecule has 1 aromatic carbocycles. The quantitative estimate of drug-likeness (QED) is 0.903. The molecule has 1 aliphatic rings. The molecule has 2 rings (SSSR count). The van der Waals surface area contributed by atoms with Crippen LogP contribution in [0.25, 0.3) is 0 Å². The van der Waals surface area contributed by atoms with Crippen LogP contribution in [-0.4, -0.2) is 43.7 Å². The van der Waals surface area contributed by atoms with Crippen molar-refractivity contribution in [2.24, 2.45) is 0 Å². The van der Waals surface area contributed by atoms with E-state index in [2.05, 4.69) is 30.1 Å². The van der Waals surface area contributed by atoms with Crippen LogP contribution in [0.5, 0.6) is 0 Å². The first-order chi connectivity index (χ1) is 9.15. The summed E-state index contributed by atoms with van der Waals surface area (Å²) in [4.78, 5) is 14.1. The molecule has 1 fully saturated rings. The predicted molar refractivity (Wildman–Crippen MR) is 76.4 cm³/mol. The second kappa shape index (κ2) is 6.68. The molecule has 0 aromatic heterocycles. The van der Waals surface area contributed by atoms with Gasteiger partial charge in [-0.3, -0.25) is 9.69 Å². The molecule has 1 N–H and O–H groups in total. The number of benzene rings is 1. The van der Waals surface area contributed by atoms with Gasteiger partial charge in [0.05, 0.1) is 19.8 Å². The number of nitrogens with zero attached hydrogens (tertiary/aromatic N) is 1. The van der Waals surface area contributed by atoms with Crippen LogP contribution >= 0.6 is 0 Å². The number of morpholine rings is 1. The normalized spacial score (nSPS) is 16.6. The summed E-state index contributed by atoms with van der Waals surface area (Å²) >= 11 is 0. The lowest BCUT2D eigenvalue weighted by Gasteiger charge is -2.25. The fraction of sp³-hybridized carbons (Fsp3) is 0.533. The van der Waals surface area contributed by atoms with E-state index in [0.29, 0.717) is 12.5 Å². The number of carbonyl (C=O) groups is 1. The van der Waals surface area contributed by atoms with Gasteiger partial charge in [-0.1, -0.05) is 26.0 Å². The summed E-state index contributed by atoms with van der Waals surface area (Å²) in [5.74, 6) is 0.513. The molecular formula is C15H22N2O2. The Kier molecular flexibility index (Phi) is 4.93. The van der Waals surface area contributed by atoms with E-state index < -0.39 is 0 Å². The van der Waals surface area contributed by atoms with Crippen LogP contribution in [0, 0.1) is 0 Å². The van der Waals surface area contributed by atoms with Crippen molar-refractivity contribution in [1.29, 1.82) is 0 Å². The van der Waals surface area contributed by atoms with Gasteiger partial charge in [0.25, 0.3) is 0 Å². The van der Waals surface area contributed by atoms with Crippen LogP contribution in [0.1, 0.15) is 25.3 Å². The summed E-state index contributed by atoms with van der Waals surface area (Å²) in [5.41, 5.74) is 2.12. The molecule has 1 amide bonds. The summed E-state index contributed by atoms with van der Waals surface area (Å²) in [7, 11) is 0. The zero-order valence-corrected chi connectivity index (χ0v) is 11.7. The molecule has 1 aliphatic heterocycles. The summed E-state index contributed by atoms with van der Waals surface area (Å²) in [6.45, 7) is 7.84. The molecular weight excluding hydrogens is 240 g/mol. The third kappa shape index (κ3) is 4.33. The van der Waals surface area contributed by atoms with Gasteiger partial charge in [-0.15, -0.1) is 0 Å². The van der Waals surface area contributed by atoms with Gasteiger partial charge >= 0.3 is 0 Å². The van der Waals surface area contributed by atoms with Crippen LogP contribution < -0.4 is 5.32 Å². The molecule has 1 heterocycles. The first kappa shape index (κ1) is 14.0. The van der Waals surface area contributed by atoms with E-state index >= 15 is 0 Å². The van der Waals surface area contributed by atoms with Gasteiger partial charge in [-0.25, -0.2) is 0 Å². The van der Waals surface area contributed by atoms with Crippen molar-refractivity contribution in [3.63, 3.8) is 0 Å². The standard InChI is InChI=1S/C15H22N2O2/c1-12(2)13-4-3-5-14(10-13)16-15(18)11-17-6-8-19-9-7-17/h3-5,10,12H,6-9,11H2,1-2H3,(H,16,18). The number of nitrogens with one attached hydrogen (secondary N) is 1. The molecule has 0 radical (unpaired) electrons. The number of hydrogen-bond donors (Lipinski definition) is 1.